The minimum atomic E-state index is -0.390. The van der Waals surface area contributed by atoms with Crippen molar-refractivity contribution < 1.29 is 14.3 Å². The molecule has 0 aliphatic rings. The third-order valence-corrected chi connectivity index (χ3v) is 3.95. The average molecular weight is 375 g/mol. The van der Waals surface area contributed by atoms with E-state index < -0.39 is 0 Å². The molecule has 3 aromatic rings. The summed E-state index contributed by atoms with van der Waals surface area (Å²) in [5.41, 5.74) is 5.14. The van der Waals surface area contributed by atoms with Gasteiger partial charge >= 0.3 is 0 Å². The van der Waals surface area contributed by atoms with E-state index in [2.05, 4.69) is 15.5 Å². The van der Waals surface area contributed by atoms with Crippen LogP contribution in [0.2, 0.25) is 0 Å². The molecule has 0 aliphatic carbocycles. The number of para-hydroxylation sites is 1. The number of hydrogen-bond acceptors (Lipinski definition) is 5. The van der Waals surface area contributed by atoms with Gasteiger partial charge in [0.1, 0.15) is 17.2 Å². The highest BCUT2D eigenvalue weighted by atomic mass is 16.5. The summed E-state index contributed by atoms with van der Waals surface area (Å²) in [5, 5.41) is 4.00. The lowest BCUT2D eigenvalue weighted by atomic mass is 10.1. The summed E-state index contributed by atoms with van der Waals surface area (Å²) >= 11 is 0. The van der Waals surface area contributed by atoms with E-state index in [0.29, 0.717) is 18.1 Å². The van der Waals surface area contributed by atoms with Gasteiger partial charge in [-0.25, -0.2) is 10.4 Å². The van der Waals surface area contributed by atoms with Crippen molar-refractivity contribution in [3.63, 3.8) is 0 Å². The summed E-state index contributed by atoms with van der Waals surface area (Å²) in [7, 11) is 1.58. The zero-order valence-electron chi connectivity index (χ0n) is 15.8. The molecular weight excluding hydrogens is 354 g/mol. The number of aromatic nitrogens is 1. The van der Waals surface area contributed by atoms with Crippen LogP contribution in [0.3, 0.4) is 0 Å². The predicted octanol–water partition coefficient (Wildman–Crippen LogP) is 3.92. The van der Waals surface area contributed by atoms with Crippen molar-refractivity contribution in [3.05, 3.63) is 78.0 Å². The Morgan fingerprint density at radius 2 is 1.86 bits per heavy atom. The number of nitrogens with zero attached hydrogens (tertiary/aromatic N) is 2. The van der Waals surface area contributed by atoms with Crippen LogP contribution in [0.25, 0.3) is 11.3 Å². The molecule has 28 heavy (non-hydrogen) atoms. The monoisotopic (exact) mass is 375 g/mol. The minimum absolute atomic E-state index is 0.281. The Morgan fingerprint density at radius 1 is 1.07 bits per heavy atom. The molecule has 1 heterocycles. The van der Waals surface area contributed by atoms with E-state index in [1.54, 1.807) is 19.2 Å². The number of methoxy groups -OCH3 is 1. The second kappa shape index (κ2) is 9.32. The standard InChI is InChI=1S/C22H21N3O3/c1-3-28-18-13-11-16(12-14-18)19-8-6-9-20(24-19)22(26)25-23-15-17-7-4-5-10-21(17)27-2/h4-15H,3H2,1-2H3,(H,25,26)/b23-15+. The molecule has 6 heteroatoms. The number of carbonyl (C=O) groups excluding carboxylic acids is 1. The molecule has 6 nitrogen and oxygen atoms in total. The lowest BCUT2D eigenvalue weighted by Crippen LogP contribution is -2.19. The first-order valence-corrected chi connectivity index (χ1v) is 8.88. The number of pyridine rings is 1. The maximum absolute atomic E-state index is 12.4. The van der Waals surface area contributed by atoms with Crippen LogP contribution in [0.4, 0.5) is 0 Å². The van der Waals surface area contributed by atoms with E-state index in [9.17, 15) is 4.79 Å². The van der Waals surface area contributed by atoms with Gasteiger partial charge in [0.25, 0.3) is 5.91 Å². The van der Waals surface area contributed by atoms with Crippen molar-refractivity contribution >= 4 is 12.1 Å². The van der Waals surface area contributed by atoms with Crippen molar-refractivity contribution in [3.8, 4) is 22.8 Å². The first-order chi connectivity index (χ1) is 13.7. The van der Waals surface area contributed by atoms with Gasteiger partial charge in [-0.2, -0.15) is 5.10 Å². The lowest BCUT2D eigenvalue weighted by Gasteiger charge is -2.06. The fraction of sp³-hybridized carbons (Fsp3) is 0.136. The highest BCUT2D eigenvalue weighted by molar-refractivity contribution is 5.94. The Bertz CT molecular complexity index is 969. The fourth-order valence-electron chi connectivity index (χ4n) is 2.60. The predicted molar refractivity (Wildman–Crippen MR) is 109 cm³/mol. The molecular formula is C22H21N3O3. The van der Waals surface area contributed by atoms with E-state index in [1.807, 2.05) is 61.5 Å². The topological polar surface area (TPSA) is 72.8 Å². The summed E-state index contributed by atoms with van der Waals surface area (Å²) in [6.07, 6.45) is 1.53. The summed E-state index contributed by atoms with van der Waals surface area (Å²) in [5.74, 6) is 1.08. The molecule has 0 saturated carbocycles. The third-order valence-electron chi connectivity index (χ3n) is 3.95. The Kier molecular flexibility index (Phi) is 6.36. The van der Waals surface area contributed by atoms with Gasteiger partial charge in [-0.05, 0) is 55.5 Å². The third kappa shape index (κ3) is 4.73. The van der Waals surface area contributed by atoms with Crippen LogP contribution in [0.5, 0.6) is 11.5 Å². The highest BCUT2D eigenvalue weighted by Gasteiger charge is 2.08. The van der Waals surface area contributed by atoms with Gasteiger partial charge in [0.05, 0.1) is 25.6 Å². The van der Waals surface area contributed by atoms with Crippen molar-refractivity contribution in [2.75, 3.05) is 13.7 Å². The van der Waals surface area contributed by atoms with E-state index in [0.717, 1.165) is 16.9 Å². The molecule has 0 bridgehead atoms. The molecule has 0 radical (unpaired) electrons. The molecule has 1 aromatic heterocycles. The first-order valence-electron chi connectivity index (χ1n) is 8.88. The second-order valence-corrected chi connectivity index (χ2v) is 5.81. The fourth-order valence-corrected chi connectivity index (χ4v) is 2.60. The van der Waals surface area contributed by atoms with E-state index >= 15 is 0 Å². The number of benzene rings is 2. The van der Waals surface area contributed by atoms with Crippen LogP contribution in [0, 0.1) is 0 Å². The molecule has 0 unspecified atom stereocenters. The second-order valence-electron chi connectivity index (χ2n) is 5.81. The molecule has 0 aliphatic heterocycles. The van der Waals surface area contributed by atoms with E-state index in [1.165, 1.54) is 6.21 Å². The van der Waals surface area contributed by atoms with Gasteiger partial charge in [0.15, 0.2) is 0 Å². The summed E-state index contributed by atoms with van der Waals surface area (Å²) in [6, 6.07) is 20.3. The number of carbonyl (C=O) groups is 1. The molecule has 3 rings (SSSR count). The van der Waals surface area contributed by atoms with Crippen LogP contribution < -0.4 is 14.9 Å². The number of hydrazone groups is 1. The van der Waals surface area contributed by atoms with Crippen molar-refractivity contribution in [2.45, 2.75) is 6.92 Å². The van der Waals surface area contributed by atoms with Crippen LogP contribution in [0.1, 0.15) is 23.0 Å². The number of amides is 1. The summed E-state index contributed by atoms with van der Waals surface area (Å²) in [6.45, 7) is 2.55. The zero-order valence-corrected chi connectivity index (χ0v) is 15.8. The largest absolute Gasteiger partial charge is 0.496 e. The van der Waals surface area contributed by atoms with Gasteiger partial charge in [-0.1, -0.05) is 18.2 Å². The van der Waals surface area contributed by atoms with E-state index in [4.69, 9.17) is 9.47 Å². The molecule has 0 saturated heterocycles. The van der Waals surface area contributed by atoms with Crippen LogP contribution >= 0.6 is 0 Å². The lowest BCUT2D eigenvalue weighted by molar-refractivity contribution is 0.0950. The number of hydrogen-bond donors (Lipinski definition) is 1. The van der Waals surface area contributed by atoms with Crippen molar-refractivity contribution in [1.29, 1.82) is 0 Å². The van der Waals surface area contributed by atoms with Gasteiger partial charge in [0, 0.05) is 11.1 Å². The average Bonchev–Trinajstić information content (AvgIpc) is 2.75. The maximum atomic E-state index is 12.4. The van der Waals surface area contributed by atoms with Crippen molar-refractivity contribution in [1.82, 2.24) is 10.4 Å². The van der Waals surface area contributed by atoms with Gasteiger partial charge in [0.2, 0.25) is 0 Å². The Morgan fingerprint density at radius 3 is 2.61 bits per heavy atom. The normalized spacial score (nSPS) is 10.6. The van der Waals surface area contributed by atoms with Gasteiger partial charge < -0.3 is 9.47 Å². The SMILES string of the molecule is CCOc1ccc(-c2cccc(C(=O)N/N=C/c3ccccc3OC)n2)cc1. The van der Waals surface area contributed by atoms with Crippen LogP contribution in [-0.4, -0.2) is 30.8 Å². The molecule has 1 N–H and O–H groups in total. The maximum Gasteiger partial charge on any atom is 0.289 e. The first kappa shape index (κ1) is 19.1. The highest BCUT2D eigenvalue weighted by Crippen LogP contribution is 2.21. The Labute approximate surface area is 163 Å². The smallest absolute Gasteiger partial charge is 0.289 e. The molecule has 0 spiro atoms. The van der Waals surface area contributed by atoms with Crippen molar-refractivity contribution in [2.24, 2.45) is 5.10 Å². The quantitative estimate of drug-likeness (QED) is 0.502. The van der Waals surface area contributed by atoms with Crippen LogP contribution in [-0.2, 0) is 0 Å². The minimum Gasteiger partial charge on any atom is -0.496 e. The molecule has 0 fully saturated rings. The summed E-state index contributed by atoms with van der Waals surface area (Å²) < 4.78 is 10.7. The molecule has 1 amide bonds. The zero-order chi connectivity index (χ0) is 19.8. The number of nitrogens with one attached hydrogen (secondary N) is 1. The molecule has 142 valence electrons. The van der Waals surface area contributed by atoms with Crippen LogP contribution in [0.15, 0.2) is 71.8 Å². The Balaban J connectivity index is 1.71. The van der Waals surface area contributed by atoms with Gasteiger partial charge in [-0.15, -0.1) is 0 Å². The Hall–Kier alpha value is -3.67. The number of rotatable bonds is 7. The molecule has 2 aromatic carbocycles. The van der Waals surface area contributed by atoms with E-state index in [-0.39, 0.29) is 11.6 Å². The number of ether oxygens (including phenoxy) is 2. The molecule has 0 atom stereocenters. The summed E-state index contributed by atoms with van der Waals surface area (Å²) in [4.78, 5) is 16.8. The van der Waals surface area contributed by atoms with Gasteiger partial charge in [-0.3, -0.25) is 4.79 Å².